The van der Waals surface area contributed by atoms with E-state index < -0.39 is 0 Å². The van der Waals surface area contributed by atoms with Crippen molar-refractivity contribution in [2.24, 2.45) is 0 Å². The molecule has 1 aliphatic heterocycles. The number of rotatable bonds is 3. The normalized spacial score (nSPS) is 17.0. The van der Waals surface area contributed by atoms with Gasteiger partial charge in [0.15, 0.2) is 0 Å². The molecule has 1 unspecified atom stereocenters. The number of nitrogens with one attached hydrogen (secondary N) is 2. The van der Waals surface area contributed by atoms with Gasteiger partial charge < -0.3 is 19.6 Å². The second-order valence-corrected chi connectivity index (χ2v) is 6.69. The molecule has 2 aromatic heterocycles. The lowest BCUT2D eigenvalue weighted by Crippen LogP contribution is -2.31. The van der Waals surface area contributed by atoms with Crippen molar-refractivity contribution in [2.75, 3.05) is 13.7 Å². The SMILES string of the molecule is COc1cccc(C2CCCN2C(=O)c2c[nH]c3c(C)c[nH]c(=O)c23)c1. The smallest absolute Gasteiger partial charge is 0.258 e. The van der Waals surface area contributed by atoms with Gasteiger partial charge in [0.05, 0.1) is 29.6 Å². The van der Waals surface area contributed by atoms with E-state index in [-0.39, 0.29) is 17.5 Å². The first-order chi connectivity index (χ1) is 12.6. The van der Waals surface area contributed by atoms with Crippen LogP contribution in [0.3, 0.4) is 0 Å². The molecular formula is C20H21N3O3. The predicted molar refractivity (Wildman–Crippen MR) is 99.7 cm³/mol. The number of benzene rings is 1. The molecule has 3 heterocycles. The van der Waals surface area contributed by atoms with Crippen LogP contribution in [0.2, 0.25) is 0 Å². The molecule has 1 atom stereocenters. The van der Waals surface area contributed by atoms with Crippen molar-refractivity contribution in [2.45, 2.75) is 25.8 Å². The van der Waals surface area contributed by atoms with Crippen molar-refractivity contribution < 1.29 is 9.53 Å². The van der Waals surface area contributed by atoms with Gasteiger partial charge in [-0.1, -0.05) is 12.1 Å². The Morgan fingerprint density at radius 1 is 1.27 bits per heavy atom. The number of carbonyl (C=O) groups is 1. The zero-order valence-corrected chi connectivity index (χ0v) is 14.8. The number of carbonyl (C=O) groups excluding carboxylic acids is 1. The molecule has 0 bridgehead atoms. The number of ether oxygens (including phenoxy) is 1. The molecule has 6 heteroatoms. The van der Waals surface area contributed by atoms with Crippen molar-refractivity contribution in [1.29, 1.82) is 0 Å². The minimum Gasteiger partial charge on any atom is -0.497 e. The Hall–Kier alpha value is -3.02. The summed E-state index contributed by atoms with van der Waals surface area (Å²) in [4.78, 5) is 33.2. The molecule has 6 nitrogen and oxygen atoms in total. The largest absolute Gasteiger partial charge is 0.497 e. The lowest BCUT2D eigenvalue weighted by molar-refractivity contribution is 0.0737. The molecule has 2 N–H and O–H groups in total. The van der Waals surface area contributed by atoms with Gasteiger partial charge in [0, 0.05) is 18.9 Å². The zero-order chi connectivity index (χ0) is 18.3. The fourth-order valence-corrected chi connectivity index (χ4v) is 3.82. The number of hydrogen-bond donors (Lipinski definition) is 2. The number of likely N-dealkylation sites (tertiary alicyclic amines) is 1. The van der Waals surface area contributed by atoms with Gasteiger partial charge in [-0.2, -0.15) is 0 Å². The highest BCUT2D eigenvalue weighted by molar-refractivity contribution is 6.07. The molecule has 1 aromatic carbocycles. The highest BCUT2D eigenvalue weighted by atomic mass is 16.5. The van der Waals surface area contributed by atoms with Crippen LogP contribution >= 0.6 is 0 Å². The Labute approximate surface area is 150 Å². The van der Waals surface area contributed by atoms with E-state index in [9.17, 15) is 9.59 Å². The third-order valence-electron chi connectivity index (χ3n) is 5.14. The Morgan fingerprint density at radius 3 is 2.92 bits per heavy atom. The number of aromatic nitrogens is 2. The Balaban J connectivity index is 1.74. The number of hydrogen-bond acceptors (Lipinski definition) is 3. The monoisotopic (exact) mass is 351 g/mol. The molecule has 1 fully saturated rings. The molecule has 1 aliphatic rings. The number of H-pyrrole nitrogens is 2. The number of fused-ring (bicyclic) bond motifs is 1. The van der Waals surface area contributed by atoms with Gasteiger partial charge in [-0.05, 0) is 43.0 Å². The van der Waals surface area contributed by atoms with E-state index in [1.807, 2.05) is 36.1 Å². The number of amides is 1. The van der Waals surface area contributed by atoms with Crippen LogP contribution in [0.25, 0.3) is 10.9 Å². The first-order valence-corrected chi connectivity index (χ1v) is 8.74. The second-order valence-electron chi connectivity index (χ2n) is 6.69. The van der Waals surface area contributed by atoms with Gasteiger partial charge in [0.1, 0.15) is 5.75 Å². The van der Waals surface area contributed by atoms with E-state index in [4.69, 9.17) is 4.74 Å². The average molecular weight is 351 g/mol. The van der Waals surface area contributed by atoms with Crippen molar-refractivity contribution in [3.05, 3.63) is 63.7 Å². The molecule has 4 rings (SSSR count). The lowest BCUT2D eigenvalue weighted by Gasteiger charge is -2.25. The predicted octanol–water partition coefficient (Wildman–Crippen LogP) is 3.15. The van der Waals surface area contributed by atoms with Gasteiger partial charge in [-0.15, -0.1) is 0 Å². The maximum absolute atomic E-state index is 13.2. The highest BCUT2D eigenvalue weighted by Gasteiger charge is 2.32. The fraction of sp³-hybridized carbons (Fsp3) is 0.300. The number of aryl methyl sites for hydroxylation is 1. The van der Waals surface area contributed by atoms with E-state index in [1.54, 1.807) is 19.5 Å². The van der Waals surface area contributed by atoms with Crippen LogP contribution in [0.1, 0.15) is 40.4 Å². The molecule has 0 aliphatic carbocycles. The van der Waals surface area contributed by atoms with Gasteiger partial charge in [-0.3, -0.25) is 9.59 Å². The van der Waals surface area contributed by atoms with Crippen LogP contribution in [0.4, 0.5) is 0 Å². The third kappa shape index (κ3) is 2.58. The number of pyridine rings is 1. The first kappa shape index (κ1) is 16.4. The van der Waals surface area contributed by atoms with Crippen molar-refractivity contribution in [1.82, 2.24) is 14.9 Å². The van der Waals surface area contributed by atoms with Crippen LogP contribution in [0.5, 0.6) is 5.75 Å². The molecule has 0 saturated carbocycles. The summed E-state index contributed by atoms with van der Waals surface area (Å²) in [6, 6.07) is 7.82. The van der Waals surface area contributed by atoms with Crippen molar-refractivity contribution in [3.8, 4) is 5.75 Å². The van der Waals surface area contributed by atoms with E-state index in [2.05, 4.69) is 9.97 Å². The summed E-state index contributed by atoms with van der Waals surface area (Å²) < 4.78 is 5.32. The van der Waals surface area contributed by atoms with Crippen LogP contribution in [0.15, 0.2) is 41.5 Å². The molecular weight excluding hydrogens is 330 g/mol. The summed E-state index contributed by atoms with van der Waals surface area (Å²) in [5, 5.41) is 0.436. The summed E-state index contributed by atoms with van der Waals surface area (Å²) in [5.74, 6) is 0.665. The van der Waals surface area contributed by atoms with Crippen LogP contribution in [0, 0.1) is 6.92 Å². The second kappa shape index (κ2) is 6.37. The van der Waals surface area contributed by atoms with Crippen molar-refractivity contribution in [3.63, 3.8) is 0 Å². The van der Waals surface area contributed by atoms with E-state index >= 15 is 0 Å². The molecule has 26 heavy (non-hydrogen) atoms. The van der Waals surface area contributed by atoms with Gasteiger partial charge in [0.25, 0.3) is 11.5 Å². The molecule has 134 valence electrons. The Bertz CT molecular complexity index is 1030. The average Bonchev–Trinajstić information content (AvgIpc) is 3.32. The van der Waals surface area contributed by atoms with Crippen molar-refractivity contribution >= 4 is 16.8 Å². The summed E-state index contributed by atoms with van der Waals surface area (Å²) in [6.07, 6.45) is 5.14. The summed E-state index contributed by atoms with van der Waals surface area (Å²) >= 11 is 0. The molecule has 1 amide bonds. The van der Waals surface area contributed by atoms with Crippen LogP contribution < -0.4 is 10.3 Å². The standard InChI is InChI=1S/C20H21N3O3/c1-12-10-22-19(24)17-15(11-21-18(12)17)20(25)23-8-4-7-16(23)13-5-3-6-14(9-13)26-2/h3,5-6,9-11,16,21H,4,7-8H2,1-2H3,(H,22,24). The van der Waals surface area contributed by atoms with Crippen LogP contribution in [-0.2, 0) is 0 Å². The molecule has 1 saturated heterocycles. The van der Waals surface area contributed by atoms with E-state index in [0.717, 1.165) is 29.7 Å². The quantitative estimate of drug-likeness (QED) is 0.761. The van der Waals surface area contributed by atoms with Gasteiger partial charge >= 0.3 is 0 Å². The maximum Gasteiger partial charge on any atom is 0.258 e. The Morgan fingerprint density at radius 2 is 2.12 bits per heavy atom. The molecule has 0 radical (unpaired) electrons. The zero-order valence-electron chi connectivity index (χ0n) is 14.8. The van der Waals surface area contributed by atoms with E-state index in [0.29, 0.717) is 23.0 Å². The Kier molecular flexibility index (Phi) is 4.03. The number of methoxy groups -OCH3 is 1. The molecule has 3 aromatic rings. The number of nitrogens with zero attached hydrogens (tertiary/aromatic N) is 1. The van der Waals surface area contributed by atoms with Crippen LogP contribution in [-0.4, -0.2) is 34.4 Å². The summed E-state index contributed by atoms with van der Waals surface area (Å²) in [7, 11) is 1.64. The first-order valence-electron chi connectivity index (χ1n) is 8.74. The summed E-state index contributed by atoms with van der Waals surface area (Å²) in [5.41, 5.74) is 2.87. The molecule has 0 spiro atoms. The third-order valence-corrected chi connectivity index (χ3v) is 5.14. The summed E-state index contributed by atoms with van der Waals surface area (Å²) in [6.45, 7) is 2.58. The maximum atomic E-state index is 13.2. The van der Waals surface area contributed by atoms with E-state index in [1.165, 1.54) is 0 Å². The minimum absolute atomic E-state index is 0.00793. The number of aromatic amines is 2. The fourth-order valence-electron chi connectivity index (χ4n) is 3.82. The highest BCUT2D eigenvalue weighted by Crippen LogP contribution is 2.35. The topological polar surface area (TPSA) is 78.2 Å². The van der Waals surface area contributed by atoms with Gasteiger partial charge in [-0.25, -0.2) is 0 Å². The van der Waals surface area contributed by atoms with Gasteiger partial charge in [0.2, 0.25) is 0 Å². The lowest BCUT2D eigenvalue weighted by atomic mass is 10.0. The minimum atomic E-state index is -0.243.